The zero-order valence-corrected chi connectivity index (χ0v) is 50.1. The summed E-state index contributed by atoms with van der Waals surface area (Å²) in [5.74, 6) is -3.70. The Bertz CT molecular complexity index is 2210. The molecule has 0 aromatic carbocycles. The molecule has 8 N–H and O–H groups in total. The summed E-state index contributed by atoms with van der Waals surface area (Å²) in [7, 11) is 5.23. The Morgan fingerprint density at radius 1 is 0.911 bits per heavy atom. The molecular weight excluding hydrogens is 1020 g/mol. The van der Waals surface area contributed by atoms with Crippen LogP contribution in [-0.4, -0.2) is 206 Å². The normalized spacial score (nSPS) is 49.4. The molecule has 0 aromatic rings. The molecule has 0 spiro atoms. The summed E-state index contributed by atoms with van der Waals surface area (Å²) in [5.41, 5.74) is -6.87. The summed E-state index contributed by atoms with van der Waals surface area (Å²) in [6, 6.07) is -1.11. The lowest BCUT2D eigenvalue weighted by Gasteiger charge is -2.59. The van der Waals surface area contributed by atoms with Crippen molar-refractivity contribution < 1.29 is 78.6 Å². The monoisotopic (exact) mass is 1120 g/mol. The number of aliphatic hydroxyl groups is 7. The number of amides is 1. The quantitative estimate of drug-likeness (QED) is 0.102. The van der Waals surface area contributed by atoms with Crippen LogP contribution in [0.3, 0.4) is 0 Å². The minimum Gasteiger partial charge on any atom is -0.459 e. The first kappa shape index (κ1) is 64.1. The minimum absolute atomic E-state index is 0.0217. The fourth-order valence-electron chi connectivity index (χ4n) is 16.2. The highest BCUT2D eigenvalue weighted by Crippen LogP contribution is 2.67. The second-order valence-corrected chi connectivity index (χ2v) is 26.9. The summed E-state index contributed by atoms with van der Waals surface area (Å²) in [4.78, 5) is 45.4. The number of allylic oxidation sites excluding steroid dienone is 4. The van der Waals surface area contributed by atoms with Crippen LogP contribution in [0.5, 0.6) is 0 Å². The molecule has 0 radical (unpaired) electrons. The van der Waals surface area contributed by atoms with Crippen LogP contribution in [0.4, 0.5) is 0 Å². The van der Waals surface area contributed by atoms with Gasteiger partial charge in [0.15, 0.2) is 18.4 Å². The first-order valence-corrected chi connectivity index (χ1v) is 29.6. The molecular formula is C60H101N3O16. The van der Waals surface area contributed by atoms with Gasteiger partial charge in [0.05, 0.1) is 47.6 Å². The number of methoxy groups -OCH3 is 1. The molecule has 7 aliphatic rings. The van der Waals surface area contributed by atoms with Gasteiger partial charge in [-0.2, -0.15) is 0 Å². The molecule has 1 amide bonds. The number of esters is 1. The number of ketones is 1. The van der Waals surface area contributed by atoms with Gasteiger partial charge in [0, 0.05) is 67.9 Å². The number of ether oxygens (including phenoxy) is 6. The lowest BCUT2D eigenvalue weighted by Crippen LogP contribution is -2.63. The first-order valence-electron chi connectivity index (χ1n) is 29.6. The van der Waals surface area contributed by atoms with Gasteiger partial charge in [-0.3, -0.25) is 19.3 Å². The third kappa shape index (κ3) is 12.3. The standard InChI is InChI=1S/C60H101N3O16/c1-16-44-59(12,72)49(67)36(6)63(25-17-24-61-54(70)60(73)23-21-41-40-19-18-38-27-39(64)20-22-55(38,8)46(40)43(65)29-56(41,60)9)31-32(2)28-57(10,71)51(79-53-47(66)42(62(13)14)26-33(3)75-53)34(4)48(35(5)52(69)77-44)78-45-30-58(11,74-15)50(68)37(7)76-45/h20,22,27,32-37,40-51,53,65-68,71-73H,16-19,21,23-26,28-31H2,1-15H3,(H,61,70)/t32-,33-,34+,35-,36-,37?,40?,41?,42-,43+,44-,45-,46?,47-,48+,49-,50-,51-,53+,55+,56+,57-,58+,59-,60+/m1/s1. The lowest BCUT2D eigenvalue weighted by molar-refractivity contribution is -0.318. The fraction of sp³-hybridized carbons (Fsp3) is 0.883. The van der Waals surface area contributed by atoms with E-state index in [1.54, 1.807) is 60.6 Å². The molecule has 452 valence electrons. The van der Waals surface area contributed by atoms with Crippen molar-refractivity contribution in [2.24, 2.45) is 46.3 Å². The molecule has 4 aliphatic carbocycles. The zero-order valence-electron chi connectivity index (χ0n) is 50.1. The van der Waals surface area contributed by atoms with Crippen LogP contribution in [0.2, 0.25) is 0 Å². The molecule has 19 heteroatoms. The van der Waals surface area contributed by atoms with E-state index in [-0.39, 0.29) is 86.8 Å². The van der Waals surface area contributed by atoms with Gasteiger partial charge in [0.25, 0.3) is 5.91 Å². The van der Waals surface area contributed by atoms with E-state index in [0.717, 1.165) is 12.0 Å². The van der Waals surface area contributed by atoms with Crippen LogP contribution < -0.4 is 5.32 Å². The van der Waals surface area contributed by atoms with Crippen molar-refractivity contribution in [2.75, 3.05) is 40.8 Å². The van der Waals surface area contributed by atoms with E-state index in [1.807, 2.05) is 50.7 Å². The third-order valence-electron chi connectivity index (χ3n) is 21.0. The SMILES string of the molecule is CC[C@H]1OC(=O)[C@H](C)[C@@H](O[C@@H]2C[C@](C)(OC)[C@H](O)C(C)O2)[C@H](C)[C@@H](O[C@@H]2O[C@H](C)C[C@@H](N(C)C)[C@H]2O)[C@](C)(O)C[C@@H](C)CN(CCCNC(=O)[C@@]2(O)CCC3C4CCC5=CC(=O)C=C[C@]5(C)C4[C@@H](O)C[C@@]32C)[C@H](C)[C@@H](O)[C@]1(C)O. The third-order valence-corrected chi connectivity index (χ3v) is 21.0. The number of fused-ring (bicyclic) bond motifs is 5. The molecule has 19 nitrogen and oxygen atoms in total. The van der Waals surface area contributed by atoms with Crippen LogP contribution >= 0.6 is 0 Å². The topological polar surface area (TPSA) is 267 Å². The van der Waals surface area contributed by atoms with E-state index in [0.29, 0.717) is 32.2 Å². The Balaban J connectivity index is 1.15. The molecule has 4 unspecified atom stereocenters. The van der Waals surface area contributed by atoms with E-state index in [4.69, 9.17) is 28.4 Å². The Morgan fingerprint density at radius 2 is 1.59 bits per heavy atom. The lowest BCUT2D eigenvalue weighted by atomic mass is 9.46. The molecule has 0 bridgehead atoms. The van der Waals surface area contributed by atoms with Crippen LogP contribution in [0.1, 0.15) is 147 Å². The Labute approximate surface area is 470 Å². The highest BCUT2D eigenvalue weighted by molar-refractivity contribution is 6.01. The maximum atomic E-state index is 14.7. The molecule has 0 aromatic heterocycles. The largest absolute Gasteiger partial charge is 0.459 e. The van der Waals surface area contributed by atoms with E-state index < -0.39 is 124 Å². The van der Waals surface area contributed by atoms with Gasteiger partial charge in [-0.15, -0.1) is 0 Å². The van der Waals surface area contributed by atoms with Crippen LogP contribution in [0.15, 0.2) is 23.8 Å². The average molecular weight is 1120 g/mol. The van der Waals surface area contributed by atoms with E-state index in [2.05, 4.69) is 12.2 Å². The molecule has 7 rings (SSSR count). The number of carbonyl (C=O) groups excluding carboxylic acids is 3. The fourth-order valence-corrected chi connectivity index (χ4v) is 16.2. The van der Waals surface area contributed by atoms with E-state index in [1.165, 1.54) is 14.0 Å². The van der Waals surface area contributed by atoms with E-state index in [9.17, 15) is 50.1 Å². The molecule has 6 fully saturated rings. The highest BCUT2D eigenvalue weighted by atomic mass is 16.7. The molecule has 79 heavy (non-hydrogen) atoms. The Hall–Kier alpha value is -2.47. The van der Waals surface area contributed by atoms with Crippen molar-refractivity contribution in [1.82, 2.24) is 15.1 Å². The number of hydrogen-bond donors (Lipinski definition) is 8. The second-order valence-electron chi connectivity index (χ2n) is 26.9. The van der Waals surface area contributed by atoms with Crippen LogP contribution in [0, 0.1) is 46.3 Å². The summed E-state index contributed by atoms with van der Waals surface area (Å²) in [5, 5.41) is 88.2. The van der Waals surface area contributed by atoms with Crippen LogP contribution in [0.25, 0.3) is 0 Å². The number of nitrogens with zero attached hydrogens (tertiary/aromatic N) is 2. The van der Waals surface area contributed by atoms with Crippen molar-refractivity contribution in [2.45, 2.75) is 249 Å². The predicted octanol–water partition coefficient (Wildman–Crippen LogP) is 3.79. The summed E-state index contributed by atoms with van der Waals surface area (Å²) in [6.07, 6.45) is -2.12. The maximum absolute atomic E-state index is 14.7. The molecule has 3 heterocycles. The zero-order chi connectivity index (χ0) is 58.7. The number of rotatable bonds is 12. The number of aliphatic hydroxyl groups excluding tert-OH is 4. The van der Waals surface area contributed by atoms with Gasteiger partial charge < -0.3 is 74.4 Å². The molecule has 3 saturated heterocycles. The van der Waals surface area contributed by atoms with E-state index >= 15 is 0 Å². The van der Waals surface area contributed by atoms with Gasteiger partial charge >= 0.3 is 5.97 Å². The molecule has 25 atom stereocenters. The van der Waals surface area contributed by atoms with Gasteiger partial charge in [0.1, 0.15) is 35.6 Å². The van der Waals surface area contributed by atoms with Crippen molar-refractivity contribution >= 4 is 17.7 Å². The number of cyclic esters (lactones) is 1. The summed E-state index contributed by atoms with van der Waals surface area (Å²) < 4.78 is 38.3. The van der Waals surface area contributed by atoms with Gasteiger partial charge in [-0.1, -0.05) is 46.3 Å². The minimum atomic E-state index is -1.98. The van der Waals surface area contributed by atoms with Crippen molar-refractivity contribution in [3.05, 3.63) is 23.8 Å². The maximum Gasteiger partial charge on any atom is 0.311 e. The average Bonchev–Trinajstić information content (AvgIpc) is 3.96. The van der Waals surface area contributed by atoms with Gasteiger partial charge in [-0.25, -0.2) is 0 Å². The van der Waals surface area contributed by atoms with Crippen molar-refractivity contribution in [3.8, 4) is 0 Å². The first-order chi connectivity index (χ1) is 36.7. The van der Waals surface area contributed by atoms with Gasteiger partial charge in [0.2, 0.25) is 0 Å². The Kier molecular flexibility index (Phi) is 19.7. The second kappa shape index (κ2) is 24.3. The highest BCUT2D eigenvalue weighted by Gasteiger charge is 2.68. The number of nitrogens with one attached hydrogen (secondary N) is 1. The summed E-state index contributed by atoms with van der Waals surface area (Å²) in [6.45, 7) is 22.2. The smallest absolute Gasteiger partial charge is 0.311 e. The predicted molar refractivity (Wildman–Crippen MR) is 294 cm³/mol. The summed E-state index contributed by atoms with van der Waals surface area (Å²) >= 11 is 0. The molecule has 3 aliphatic heterocycles. The number of hydrogen-bond acceptors (Lipinski definition) is 18. The number of likely N-dealkylation sites (N-methyl/N-ethyl adjacent to an activating group) is 1. The van der Waals surface area contributed by atoms with Crippen LogP contribution in [-0.2, 0) is 42.8 Å². The Morgan fingerprint density at radius 3 is 2.24 bits per heavy atom. The number of carbonyl (C=O) groups is 3. The van der Waals surface area contributed by atoms with Gasteiger partial charge in [-0.05, 0) is 150 Å². The molecule has 3 saturated carbocycles. The van der Waals surface area contributed by atoms with Crippen molar-refractivity contribution in [1.29, 1.82) is 0 Å². The van der Waals surface area contributed by atoms with Crippen molar-refractivity contribution in [3.63, 3.8) is 0 Å².